The second-order valence-corrected chi connectivity index (χ2v) is 3.88. The monoisotopic (exact) mass is 215 g/mol. The number of carboxylic acid groups (broad SMARTS) is 1. The van der Waals surface area contributed by atoms with Gasteiger partial charge in [-0.2, -0.15) is 11.3 Å². The standard InChI is InChI=1S/C9H13NO3S/c10-8(9(12)13)7(11)2-1-6-3-4-14-5-6/h3-5,7-8,11H,1-2,10H2,(H,12,13). The van der Waals surface area contributed by atoms with Crippen molar-refractivity contribution in [3.05, 3.63) is 22.4 Å². The Morgan fingerprint density at radius 2 is 2.36 bits per heavy atom. The third-order valence-corrected chi connectivity index (χ3v) is 2.74. The SMILES string of the molecule is NC(C(=O)O)C(O)CCc1ccsc1. The second kappa shape index (κ2) is 5.09. The highest BCUT2D eigenvalue weighted by molar-refractivity contribution is 7.07. The van der Waals surface area contributed by atoms with Gasteiger partial charge < -0.3 is 15.9 Å². The van der Waals surface area contributed by atoms with E-state index in [1.165, 1.54) is 0 Å². The third-order valence-electron chi connectivity index (χ3n) is 2.01. The number of rotatable bonds is 5. The van der Waals surface area contributed by atoms with E-state index in [0.29, 0.717) is 12.8 Å². The normalized spacial score (nSPS) is 15.0. The molecule has 0 amide bonds. The van der Waals surface area contributed by atoms with Crippen LogP contribution in [-0.4, -0.2) is 28.3 Å². The van der Waals surface area contributed by atoms with Crippen molar-refractivity contribution in [2.45, 2.75) is 25.0 Å². The number of aryl methyl sites for hydroxylation is 1. The van der Waals surface area contributed by atoms with E-state index in [2.05, 4.69) is 0 Å². The molecule has 0 saturated heterocycles. The summed E-state index contributed by atoms with van der Waals surface area (Å²) in [5, 5.41) is 21.8. The molecular weight excluding hydrogens is 202 g/mol. The lowest BCUT2D eigenvalue weighted by Gasteiger charge is -2.13. The topological polar surface area (TPSA) is 83.6 Å². The molecule has 0 aliphatic carbocycles. The van der Waals surface area contributed by atoms with Crippen LogP contribution in [0.15, 0.2) is 16.8 Å². The van der Waals surface area contributed by atoms with Crippen molar-refractivity contribution < 1.29 is 15.0 Å². The number of hydrogen-bond donors (Lipinski definition) is 3. The van der Waals surface area contributed by atoms with Crippen molar-refractivity contribution in [2.24, 2.45) is 5.73 Å². The smallest absolute Gasteiger partial charge is 0.323 e. The first kappa shape index (κ1) is 11.2. The molecule has 0 radical (unpaired) electrons. The van der Waals surface area contributed by atoms with Gasteiger partial charge in [0.2, 0.25) is 0 Å². The first-order chi connectivity index (χ1) is 6.61. The predicted molar refractivity (Wildman–Crippen MR) is 54.3 cm³/mol. The van der Waals surface area contributed by atoms with Gasteiger partial charge in [-0.05, 0) is 35.2 Å². The van der Waals surface area contributed by atoms with Crippen LogP contribution in [0, 0.1) is 0 Å². The van der Waals surface area contributed by atoms with E-state index in [4.69, 9.17) is 10.8 Å². The lowest BCUT2D eigenvalue weighted by Crippen LogP contribution is -2.41. The van der Waals surface area contributed by atoms with Crippen LogP contribution in [0.5, 0.6) is 0 Å². The minimum absolute atomic E-state index is 0.379. The summed E-state index contributed by atoms with van der Waals surface area (Å²) in [5.41, 5.74) is 6.36. The van der Waals surface area contributed by atoms with E-state index in [0.717, 1.165) is 5.56 Å². The number of aliphatic hydroxyl groups excluding tert-OH is 1. The van der Waals surface area contributed by atoms with E-state index >= 15 is 0 Å². The average molecular weight is 215 g/mol. The summed E-state index contributed by atoms with van der Waals surface area (Å²) in [6.45, 7) is 0. The molecule has 0 aromatic carbocycles. The summed E-state index contributed by atoms with van der Waals surface area (Å²) < 4.78 is 0. The summed E-state index contributed by atoms with van der Waals surface area (Å²) in [4.78, 5) is 10.4. The van der Waals surface area contributed by atoms with E-state index in [-0.39, 0.29) is 0 Å². The van der Waals surface area contributed by atoms with Crippen molar-refractivity contribution in [2.75, 3.05) is 0 Å². The van der Waals surface area contributed by atoms with Gasteiger partial charge in [-0.15, -0.1) is 0 Å². The molecule has 2 atom stereocenters. The number of aliphatic carboxylic acids is 1. The van der Waals surface area contributed by atoms with Gasteiger partial charge in [-0.1, -0.05) is 0 Å². The number of carboxylic acids is 1. The molecule has 1 aromatic rings. The van der Waals surface area contributed by atoms with Crippen molar-refractivity contribution in [3.8, 4) is 0 Å². The fourth-order valence-electron chi connectivity index (χ4n) is 1.09. The zero-order valence-corrected chi connectivity index (χ0v) is 8.41. The molecule has 1 aromatic heterocycles. The molecule has 4 nitrogen and oxygen atoms in total. The predicted octanol–water partition coefficient (Wildman–Crippen LogP) is 0.454. The molecule has 1 rings (SSSR count). The highest BCUT2D eigenvalue weighted by Gasteiger charge is 2.21. The molecule has 0 aliphatic heterocycles. The van der Waals surface area contributed by atoms with Gasteiger partial charge in [0, 0.05) is 0 Å². The molecule has 0 spiro atoms. The van der Waals surface area contributed by atoms with Crippen LogP contribution < -0.4 is 5.73 Å². The van der Waals surface area contributed by atoms with Gasteiger partial charge in [-0.25, -0.2) is 0 Å². The number of aliphatic hydroxyl groups is 1. The molecule has 0 bridgehead atoms. The summed E-state index contributed by atoms with van der Waals surface area (Å²) in [5.74, 6) is -1.16. The Bertz CT molecular complexity index is 286. The summed E-state index contributed by atoms with van der Waals surface area (Å²) in [6, 6.07) is 0.762. The Morgan fingerprint density at radius 1 is 1.64 bits per heavy atom. The van der Waals surface area contributed by atoms with Gasteiger partial charge in [0.1, 0.15) is 6.04 Å². The Balaban J connectivity index is 2.34. The molecule has 0 aliphatic rings. The molecule has 0 fully saturated rings. The number of nitrogens with two attached hydrogens (primary N) is 1. The Morgan fingerprint density at radius 3 is 2.86 bits per heavy atom. The minimum Gasteiger partial charge on any atom is -0.480 e. The lowest BCUT2D eigenvalue weighted by molar-refractivity contribution is -0.141. The molecule has 4 N–H and O–H groups in total. The van der Waals surface area contributed by atoms with Gasteiger partial charge in [0.15, 0.2) is 0 Å². The van der Waals surface area contributed by atoms with Crippen molar-refractivity contribution in [1.29, 1.82) is 0 Å². The van der Waals surface area contributed by atoms with Crippen molar-refractivity contribution in [1.82, 2.24) is 0 Å². The molecular formula is C9H13NO3S. The van der Waals surface area contributed by atoms with Crippen molar-refractivity contribution >= 4 is 17.3 Å². The third kappa shape index (κ3) is 3.10. The summed E-state index contributed by atoms with van der Waals surface area (Å²) >= 11 is 1.58. The molecule has 78 valence electrons. The fraction of sp³-hybridized carbons (Fsp3) is 0.444. The highest BCUT2D eigenvalue weighted by Crippen LogP contribution is 2.10. The fourth-order valence-corrected chi connectivity index (χ4v) is 1.80. The number of hydrogen-bond acceptors (Lipinski definition) is 4. The van der Waals surface area contributed by atoms with Crippen LogP contribution in [0.1, 0.15) is 12.0 Å². The Hall–Kier alpha value is -0.910. The van der Waals surface area contributed by atoms with Gasteiger partial charge in [0.05, 0.1) is 6.10 Å². The molecule has 2 unspecified atom stereocenters. The zero-order chi connectivity index (χ0) is 10.6. The minimum atomic E-state index is -1.19. The maximum absolute atomic E-state index is 10.4. The van der Waals surface area contributed by atoms with Crippen molar-refractivity contribution in [3.63, 3.8) is 0 Å². The second-order valence-electron chi connectivity index (χ2n) is 3.10. The molecule has 1 heterocycles. The van der Waals surface area contributed by atoms with Crippen LogP contribution in [0.3, 0.4) is 0 Å². The largest absolute Gasteiger partial charge is 0.480 e. The maximum atomic E-state index is 10.4. The van der Waals surface area contributed by atoms with E-state index in [1.807, 2.05) is 16.8 Å². The van der Waals surface area contributed by atoms with Crippen LogP contribution in [0.25, 0.3) is 0 Å². The van der Waals surface area contributed by atoms with Crippen LogP contribution >= 0.6 is 11.3 Å². The van der Waals surface area contributed by atoms with E-state index in [1.54, 1.807) is 11.3 Å². The summed E-state index contributed by atoms with van der Waals surface area (Å²) in [7, 11) is 0. The van der Waals surface area contributed by atoms with Gasteiger partial charge >= 0.3 is 5.97 Å². The highest BCUT2D eigenvalue weighted by atomic mass is 32.1. The first-order valence-electron chi connectivity index (χ1n) is 4.29. The quantitative estimate of drug-likeness (QED) is 0.666. The van der Waals surface area contributed by atoms with Gasteiger partial charge in [-0.3, -0.25) is 4.79 Å². The first-order valence-corrected chi connectivity index (χ1v) is 5.23. The summed E-state index contributed by atoms with van der Waals surface area (Å²) in [6.07, 6.45) is 0.0583. The average Bonchev–Trinajstić information content (AvgIpc) is 2.65. The molecule has 0 saturated carbocycles. The number of carbonyl (C=O) groups is 1. The zero-order valence-electron chi connectivity index (χ0n) is 7.59. The van der Waals surface area contributed by atoms with Crippen LogP contribution in [-0.2, 0) is 11.2 Å². The Kier molecular flexibility index (Phi) is 4.06. The van der Waals surface area contributed by atoms with Crippen LogP contribution in [0.4, 0.5) is 0 Å². The number of thiophene rings is 1. The lowest BCUT2D eigenvalue weighted by atomic mass is 10.0. The maximum Gasteiger partial charge on any atom is 0.323 e. The van der Waals surface area contributed by atoms with Gasteiger partial charge in [0.25, 0.3) is 0 Å². The molecule has 14 heavy (non-hydrogen) atoms. The van der Waals surface area contributed by atoms with Crippen LogP contribution in [0.2, 0.25) is 0 Å². The molecule has 5 heteroatoms. The van der Waals surface area contributed by atoms with E-state index in [9.17, 15) is 9.90 Å². The van der Waals surface area contributed by atoms with E-state index < -0.39 is 18.1 Å². The Labute approximate surface area is 86.0 Å².